The van der Waals surface area contributed by atoms with Gasteiger partial charge in [0.15, 0.2) is 0 Å². The maximum Gasteiger partial charge on any atom is 0.325 e. The summed E-state index contributed by atoms with van der Waals surface area (Å²) < 4.78 is 0. The summed E-state index contributed by atoms with van der Waals surface area (Å²) in [6, 6.07) is -1.14. The lowest BCUT2D eigenvalue weighted by molar-refractivity contribution is -0.138. The fraction of sp³-hybridized carbons (Fsp3) is 0.800. The molecule has 0 aromatic rings. The molecule has 15 heavy (non-hydrogen) atoms. The molecule has 1 saturated carbocycles. The molecule has 1 aliphatic rings. The zero-order valence-electron chi connectivity index (χ0n) is 9.12. The lowest BCUT2D eigenvalue weighted by Crippen LogP contribution is -2.47. The van der Waals surface area contributed by atoms with E-state index < -0.39 is 18.0 Å². The van der Waals surface area contributed by atoms with Gasteiger partial charge in [0.1, 0.15) is 6.04 Å². The largest absolute Gasteiger partial charge is 0.480 e. The maximum absolute atomic E-state index is 11.3. The molecule has 0 saturated heterocycles. The zero-order valence-corrected chi connectivity index (χ0v) is 9.12. The smallest absolute Gasteiger partial charge is 0.325 e. The van der Waals surface area contributed by atoms with Crippen molar-refractivity contribution in [2.75, 3.05) is 0 Å². The summed E-state index contributed by atoms with van der Waals surface area (Å²) in [5, 5.41) is 13.7. The number of carboxylic acids is 1. The molecule has 0 aromatic carbocycles. The van der Waals surface area contributed by atoms with Gasteiger partial charge in [-0.3, -0.25) is 4.79 Å². The first-order chi connectivity index (χ1) is 6.99. The van der Waals surface area contributed by atoms with Crippen molar-refractivity contribution in [3.8, 4) is 0 Å². The van der Waals surface area contributed by atoms with Gasteiger partial charge in [-0.05, 0) is 26.2 Å². The summed E-state index contributed by atoms with van der Waals surface area (Å²) in [6.07, 6.45) is 3.48. The number of amides is 2. The Hall–Kier alpha value is -1.26. The molecule has 0 radical (unpaired) electrons. The zero-order chi connectivity index (χ0) is 11.4. The SMILES string of the molecule is CC(CC1CC1)NC(=O)N[C@@H](C)C(=O)O. The van der Waals surface area contributed by atoms with Crippen LogP contribution in [0, 0.1) is 5.92 Å². The van der Waals surface area contributed by atoms with E-state index in [1.165, 1.54) is 19.8 Å². The monoisotopic (exact) mass is 214 g/mol. The first-order valence-corrected chi connectivity index (χ1v) is 5.29. The van der Waals surface area contributed by atoms with Crippen LogP contribution in [0.4, 0.5) is 4.79 Å². The average Bonchev–Trinajstić information content (AvgIpc) is 2.86. The Labute approximate surface area is 89.2 Å². The Balaban J connectivity index is 2.18. The number of urea groups is 1. The third-order valence-electron chi connectivity index (χ3n) is 2.48. The molecule has 1 unspecified atom stereocenters. The molecule has 1 rings (SSSR count). The fourth-order valence-electron chi connectivity index (χ4n) is 1.44. The first-order valence-electron chi connectivity index (χ1n) is 5.29. The molecule has 1 fully saturated rings. The van der Waals surface area contributed by atoms with E-state index >= 15 is 0 Å². The van der Waals surface area contributed by atoms with E-state index in [0.717, 1.165) is 12.3 Å². The minimum Gasteiger partial charge on any atom is -0.480 e. The van der Waals surface area contributed by atoms with E-state index in [1.54, 1.807) is 0 Å². The molecule has 86 valence electrons. The quantitative estimate of drug-likeness (QED) is 0.637. The number of hydrogen-bond donors (Lipinski definition) is 3. The molecule has 1 aliphatic carbocycles. The standard InChI is InChI=1S/C10H18N2O3/c1-6(5-8-3-4-8)11-10(15)12-7(2)9(13)14/h6-8H,3-5H2,1-2H3,(H,13,14)(H2,11,12,15)/t6?,7-/m0/s1. The summed E-state index contributed by atoms with van der Waals surface area (Å²) in [6.45, 7) is 3.37. The summed E-state index contributed by atoms with van der Waals surface area (Å²) in [4.78, 5) is 21.8. The number of hydrogen-bond acceptors (Lipinski definition) is 2. The number of nitrogens with one attached hydrogen (secondary N) is 2. The molecular weight excluding hydrogens is 196 g/mol. The van der Waals surface area contributed by atoms with Gasteiger partial charge >= 0.3 is 12.0 Å². The normalized spacial score (nSPS) is 19.1. The highest BCUT2D eigenvalue weighted by molar-refractivity contribution is 5.82. The summed E-state index contributed by atoms with van der Waals surface area (Å²) in [5.74, 6) is -0.280. The van der Waals surface area contributed by atoms with Crippen LogP contribution in [0.15, 0.2) is 0 Å². The van der Waals surface area contributed by atoms with E-state index in [9.17, 15) is 9.59 Å². The third kappa shape index (κ3) is 4.67. The molecule has 0 spiro atoms. The molecule has 0 heterocycles. The second-order valence-corrected chi connectivity index (χ2v) is 4.26. The minimum absolute atomic E-state index is 0.110. The van der Waals surface area contributed by atoms with Crippen LogP contribution in [0.2, 0.25) is 0 Å². The molecule has 5 nitrogen and oxygen atoms in total. The molecule has 0 bridgehead atoms. The van der Waals surface area contributed by atoms with Crippen LogP contribution in [0.3, 0.4) is 0 Å². The first kappa shape index (κ1) is 11.8. The third-order valence-corrected chi connectivity index (χ3v) is 2.48. The van der Waals surface area contributed by atoms with Gasteiger partial charge in [0.05, 0.1) is 0 Å². The van der Waals surface area contributed by atoms with Gasteiger partial charge in [0, 0.05) is 6.04 Å². The summed E-state index contributed by atoms with van der Waals surface area (Å²) in [5.41, 5.74) is 0. The van der Waals surface area contributed by atoms with E-state index in [4.69, 9.17) is 5.11 Å². The van der Waals surface area contributed by atoms with Gasteiger partial charge < -0.3 is 15.7 Å². The second kappa shape index (κ2) is 5.00. The highest BCUT2D eigenvalue weighted by Gasteiger charge is 2.24. The van der Waals surface area contributed by atoms with Crippen molar-refractivity contribution in [3.63, 3.8) is 0 Å². The Bertz CT molecular complexity index is 251. The predicted octanol–water partition coefficient (Wildman–Crippen LogP) is 0.947. The number of rotatable bonds is 5. The molecule has 0 aliphatic heterocycles. The summed E-state index contributed by atoms with van der Waals surface area (Å²) in [7, 11) is 0. The molecule has 5 heteroatoms. The second-order valence-electron chi connectivity index (χ2n) is 4.26. The maximum atomic E-state index is 11.3. The van der Waals surface area contributed by atoms with Crippen molar-refractivity contribution < 1.29 is 14.7 Å². The number of carboxylic acid groups (broad SMARTS) is 1. The predicted molar refractivity (Wildman–Crippen MR) is 55.6 cm³/mol. The van der Waals surface area contributed by atoms with Crippen LogP contribution < -0.4 is 10.6 Å². The molecule has 2 atom stereocenters. The van der Waals surface area contributed by atoms with E-state index in [-0.39, 0.29) is 6.04 Å². The van der Waals surface area contributed by atoms with Crippen LogP contribution in [0.25, 0.3) is 0 Å². The fourth-order valence-corrected chi connectivity index (χ4v) is 1.44. The average molecular weight is 214 g/mol. The molecule has 3 N–H and O–H groups in total. The van der Waals surface area contributed by atoms with E-state index in [1.807, 2.05) is 6.92 Å². The van der Waals surface area contributed by atoms with Crippen molar-refractivity contribution in [3.05, 3.63) is 0 Å². The van der Waals surface area contributed by atoms with Crippen LogP contribution in [-0.2, 0) is 4.79 Å². The van der Waals surface area contributed by atoms with Crippen LogP contribution in [-0.4, -0.2) is 29.2 Å². The number of carbonyl (C=O) groups excluding carboxylic acids is 1. The Kier molecular flexibility index (Phi) is 3.94. The Morgan fingerprint density at radius 1 is 1.33 bits per heavy atom. The lowest BCUT2D eigenvalue weighted by Gasteiger charge is -2.15. The number of carbonyl (C=O) groups is 2. The van der Waals surface area contributed by atoms with Gasteiger partial charge in [-0.15, -0.1) is 0 Å². The van der Waals surface area contributed by atoms with Gasteiger partial charge in [-0.2, -0.15) is 0 Å². The highest BCUT2D eigenvalue weighted by atomic mass is 16.4. The highest BCUT2D eigenvalue weighted by Crippen LogP contribution is 2.33. The van der Waals surface area contributed by atoms with Crippen molar-refractivity contribution in [2.45, 2.75) is 45.2 Å². The van der Waals surface area contributed by atoms with Crippen molar-refractivity contribution >= 4 is 12.0 Å². The van der Waals surface area contributed by atoms with Crippen molar-refractivity contribution in [2.24, 2.45) is 5.92 Å². The van der Waals surface area contributed by atoms with Crippen molar-refractivity contribution in [1.82, 2.24) is 10.6 Å². The van der Waals surface area contributed by atoms with Gasteiger partial charge in [-0.25, -0.2) is 4.79 Å². The Morgan fingerprint density at radius 2 is 1.93 bits per heavy atom. The lowest BCUT2D eigenvalue weighted by atomic mass is 10.2. The van der Waals surface area contributed by atoms with E-state index in [2.05, 4.69) is 10.6 Å². The van der Waals surface area contributed by atoms with Crippen LogP contribution in [0.1, 0.15) is 33.1 Å². The van der Waals surface area contributed by atoms with Gasteiger partial charge in [0.2, 0.25) is 0 Å². The summed E-state index contributed by atoms with van der Waals surface area (Å²) >= 11 is 0. The molecular formula is C10H18N2O3. The number of aliphatic carboxylic acids is 1. The topological polar surface area (TPSA) is 78.4 Å². The van der Waals surface area contributed by atoms with Gasteiger partial charge in [0.25, 0.3) is 0 Å². The van der Waals surface area contributed by atoms with Crippen molar-refractivity contribution in [1.29, 1.82) is 0 Å². The van der Waals surface area contributed by atoms with Crippen LogP contribution >= 0.6 is 0 Å². The van der Waals surface area contributed by atoms with Gasteiger partial charge in [-0.1, -0.05) is 12.8 Å². The molecule has 2 amide bonds. The molecule has 0 aromatic heterocycles. The minimum atomic E-state index is -1.03. The van der Waals surface area contributed by atoms with Crippen LogP contribution in [0.5, 0.6) is 0 Å². The van der Waals surface area contributed by atoms with E-state index in [0.29, 0.717) is 0 Å². The Morgan fingerprint density at radius 3 is 2.40 bits per heavy atom.